The van der Waals surface area contributed by atoms with E-state index >= 15 is 0 Å². The van der Waals surface area contributed by atoms with Gasteiger partial charge in [-0.05, 0) is 25.0 Å². The van der Waals surface area contributed by atoms with Crippen LogP contribution in [0.25, 0.3) is 0 Å². The Morgan fingerprint density at radius 2 is 2.36 bits per heavy atom. The minimum atomic E-state index is 0.672. The van der Waals surface area contributed by atoms with E-state index in [9.17, 15) is 0 Å². The Bertz CT molecular complexity index is 255. The van der Waals surface area contributed by atoms with Crippen molar-refractivity contribution in [3.05, 3.63) is 24.0 Å². The van der Waals surface area contributed by atoms with Crippen LogP contribution in [-0.4, -0.2) is 12.1 Å². The van der Waals surface area contributed by atoms with Crippen LogP contribution in [0.4, 0.5) is 0 Å². The summed E-state index contributed by atoms with van der Waals surface area (Å²) in [5.41, 5.74) is 1.13. The van der Waals surface area contributed by atoms with E-state index in [4.69, 9.17) is 4.74 Å². The first kappa shape index (κ1) is 6.65. The fourth-order valence-electron chi connectivity index (χ4n) is 1.24. The second-order valence-corrected chi connectivity index (χ2v) is 2.87. The zero-order valence-electron chi connectivity index (χ0n) is 6.58. The number of ether oxygens (including phenoxy) is 1. The molecule has 1 aromatic heterocycles. The molecule has 58 valence electrons. The van der Waals surface area contributed by atoms with E-state index < -0.39 is 0 Å². The molecule has 2 nitrogen and oxygen atoms in total. The quantitative estimate of drug-likeness (QED) is 0.641. The molecular formula is C9H11NO. The fourth-order valence-corrected chi connectivity index (χ4v) is 1.24. The Kier molecular flexibility index (Phi) is 1.53. The lowest BCUT2D eigenvalue weighted by Gasteiger charge is -2.03. The predicted molar refractivity (Wildman–Crippen MR) is 42.8 cm³/mol. The Balaban J connectivity index is 2.34. The summed E-state index contributed by atoms with van der Waals surface area (Å²) >= 11 is 0. The van der Waals surface area contributed by atoms with Crippen molar-refractivity contribution in [2.45, 2.75) is 18.8 Å². The molecule has 1 fully saturated rings. The highest BCUT2D eigenvalue weighted by Crippen LogP contribution is 2.42. The molecule has 0 atom stereocenters. The maximum Gasteiger partial charge on any atom is 0.140 e. The van der Waals surface area contributed by atoms with Gasteiger partial charge >= 0.3 is 0 Å². The molecule has 0 unspecified atom stereocenters. The molecule has 0 aromatic carbocycles. The van der Waals surface area contributed by atoms with Gasteiger partial charge in [0.05, 0.1) is 12.8 Å². The van der Waals surface area contributed by atoms with Crippen LogP contribution in [-0.2, 0) is 0 Å². The fraction of sp³-hybridized carbons (Fsp3) is 0.444. The number of aromatic nitrogens is 1. The van der Waals surface area contributed by atoms with Crippen LogP contribution in [0, 0.1) is 0 Å². The summed E-state index contributed by atoms with van der Waals surface area (Å²) in [6.07, 6.45) is 4.37. The highest BCUT2D eigenvalue weighted by Gasteiger charge is 2.27. The highest BCUT2D eigenvalue weighted by molar-refractivity contribution is 5.32. The van der Waals surface area contributed by atoms with E-state index in [1.165, 1.54) is 12.8 Å². The number of rotatable bonds is 2. The van der Waals surface area contributed by atoms with Gasteiger partial charge < -0.3 is 4.74 Å². The first-order chi connectivity index (χ1) is 5.42. The topological polar surface area (TPSA) is 22.1 Å². The molecule has 0 saturated heterocycles. The highest BCUT2D eigenvalue weighted by atomic mass is 16.5. The Morgan fingerprint density at radius 1 is 1.55 bits per heavy atom. The lowest BCUT2D eigenvalue weighted by atomic mass is 10.2. The molecular weight excluding hydrogens is 138 g/mol. The van der Waals surface area contributed by atoms with Crippen molar-refractivity contribution < 1.29 is 4.74 Å². The van der Waals surface area contributed by atoms with Gasteiger partial charge in [0.2, 0.25) is 0 Å². The second kappa shape index (κ2) is 2.53. The van der Waals surface area contributed by atoms with Crippen molar-refractivity contribution in [2.75, 3.05) is 7.11 Å². The van der Waals surface area contributed by atoms with Gasteiger partial charge in [0.25, 0.3) is 0 Å². The largest absolute Gasteiger partial charge is 0.495 e. The third-order valence-electron chi connectivity index (χ3n) is 1.98. The van der Waals surface area contributed by atoms with Crippen LogP contribution in [0.1, 0.15) is 24.5 Å². The summed E-state index contributed by atoms with van der Waals surface area (Å²) in [5, 5.41) is 0. The van der Waals surface area contributed by atoms with Gasteiger partial charge in [-0.1, -0.05) is 0 Å². The second-order valence-electron chi connectivity index (χ2n) is 2.87. The molecule has 1 aromatic rings. The van der Waals surface area contributed by atoms with Gasteiger partial charge in [0.15, 0.2) is 0 Å². The SMILES string of the molecule is COc1cccnc1C1CC1. The monoisotopic (exact) mass is 149 g/mol. The molecule has 1 aliphatic carbocycles. The van der Waals surface area contributed by atoms with Gasteiger partial charge in [-0.25, -0.2) is 0 Å². The Labute approximate surface area is 66.2 Å². The minimum absolute atomic E-state index is 0.672. The third kappa shape index (κ3) is 1.20. The van der Waals surface area contributed by atoms with E-state index in [2.05, 4.69) is 4.98 Å². The van der Waals surface area contributed by atoms with Crippen LogP contribution in [0.15, 0.2) is 18.3 Å². The summed E-state index contributed by atoms with van der Waals surface area (Å²) in [6, 6.07) is 3.88. The summed E-state index contributed by atoms with van der Waals surface area (Å²) in [5.74, 6) is 1.61. The smallest absolute Gasteiger partial charge is 0.140 e. The van der Waals surface area contributed by atoms with Crippen molar-refractivity contribution >= 4 is 0 Å². The van der Waals surface area contributed by atoms with Crippen LogP contribution in [0.2, 0.25) is 0 Å². The van der Waals surface area contributed by atoms with Crippen LogP contribution >= 0.6 is 0 Å². The third-order valence-corrected chi connectivity index (χ3v) is 1.98. The van der Waals surface area contributed by atoms with Crippen molar-refractivity contribution in [1.82, 2.24) is 4.98 Å². The zero-order chi connectivity index (χ0) is 7.68. The van der Waals surface area contributed by atoms with Gasteiger partial charge in [-0.2, -0.15) is 0 Å². The van der Waals surface area contributed by atoms with Crippen LogP contribution in [0.3, 0.4) is 0 Å². The standard InChI is InChI=1S/C9H11NO/c1-11-8-3-2-6-10-9(8)7-4-5-7/h2-3,6-7H,4-5H2,1H3. The number of pyridine rings is 1. The number of hydrogen-bond donors (Lipinski definition) is 0. The molecule has 0 bridgehead atoms. The molecule has 1 saturated carbocycles. The maximum absolute atomic E-state index is 5.18. The molecule has 1 aliphatic rings. The van der Waals surface area contributed by atoms with Crippen LogP contribution < -0.4 is 4.74 Å². The molecule has 0 amide bonds. The molecule has 0 aliphatic heterocycles. The van der Waals surface area contributed by atoms with Gasteiger partial charge in [0.1, 0.15) is 5.75 Å². The average molecular weight is 149 g/mol. The van der Waals surface area contributed by atoms with Crippen molar-refractivity contribution in [3.8, 4) is 5.75 Å². The molecule has 11 heavy (non-hydrogen) atoms. The van der Waals surface area contributed by atoms with E-state index in [-0.39, 0.29) is 0 Å². The van der Waals surface area contributed by atoms with E-state index in [1.807, 2.05) is 18.3 Å². The van der Waals surface area contributed by atoms with Crippen molar-refractivity contribution in [2.24, 2.45) is 0 Å². The average Bonchev–Trinajstić information content (AvgIpc) is 2.87. The van der Waals surface area contributed by atoms with Crippen LogP contribution in [0.5, 0.6) is 5.75 Å². The summed E-state index contributed by atoms with van der Waals surface area (Å²) < 4.78 is 5.18. The Hall–Kier alpha value is -1.05. The molecule has 1 heterocycles. The Morgan fingerprint density at radius 3 is 3.00 bits per heavy atom. The first-order valence-electron chi connectivity index (χ1n) is 3.90. The molecule has 0 spiro atoms. The van der Waals surface area contributed by atoms with E-state index in [0.29, 0.717) is 5.92 Å². The molecule has 2 heteroatoms. The van der Waals surface area contributed by atoms with Crippen molar-refractivity contribution in [3.63, 3.8) is 0 Å². The number of hydrogen-bond acceptors (Lipinski definition) is 2. The van der Waals surface area contributed by atoms with Gasteiger partial charge in [-0.3, -0.25) is 4.98 Å². The van der Waals surface area contributed by atoms with Gasteiger partial charge in [-0.15, -0.1) is 0 Å². The maximum atomic E-state index is 5.18. The number of methoxy groups -OCH3 is 1. The van der Waals surface area contributed by atoms with Gasteiger partial charge in [0, 0.05) is 12.1 Å². The summed E-state index contributed by atoms with van der Waals surface area (Å²) in [4.78, 5) is 4.29. The van der Waals surface area contributed by atoms with E-state index in [0.717, 1.165) is 11.4 Å². The molecule has 0 radical (unpaired) electrons. The zero-order valence-corrected chi connectivity index (χ0v) is 6.58. The summed E-state index contributed by atoms with van der Waals surface area (Å²) in [7, 11) is 1.70. The minimum Gasteiger partial charge on any atom is -0.495 e. The molecule has 0 N–H and O–H groups in total. The number of nitrogens with zero attached hydrogens (tertiary/aromatic N) is 1. The molecule has 2 rings (SSSR count). The first-order valence-corrected chi connectivity index (χ1v) is 3.90. The van der Waals surface area contributed by atoms with Crippen molar-refractivity contribution in [1.29, 1.82) is 0 Å². The summed E-state index contributed by atoms with van der Waals surface area (Å²) in [6.45, 7) is 0. The lowest BCUT2D eigenvalue weighted by molar-refractivity contribution is 0.407. The lowest BCUT2D eigenvalue weighted by Crippen LogP contribution is -1.92. The normalized spacial score (nSPS) is 16.5. The predicted octanol–water partition coefficient (Wildman–Crippen LogP) is 1.97. The van der Waals surface area contributed by atoms with E-state index in [1.54, 1.807) is 7.11 Å².